The predicted molar refractivity (Wildman–Crippen MR) is 118 cm³/mol. The molecular formula is C23H15Br2NO. The van der Waals surface area contributed by atoms with E-state index in [0.29, 0.717) is 0 Å². The first-order chi connectivity index (χ1) is 13.1. The highest BCUT2D eigenvalue weighted by Crippen LogP contribution is 2.39. The Balaban J connectivity index is 1.99. The standard InChI is InChI=1S/C23H15Br2NO/c24-17-7-1-5-15(12-17)20-19-9-3-4-14-10-11-26(22(14)19)23(27)21(20)16-6-2-8-18(25)13-16/h1-9,12-13H,10-11H2. The Labute approximate surface area is 173 Å². The number of aryl methyl sites for hydroxylation is 2. The minimum atomic E-state index is 0.0838. The molecule has 0 fully saturated rings. The van der Waals surface area contributed by atoms with Crippen molar-refractivity contribution >= 4 is 42.8 Å². The molecule has 2 nitrogen and oxygen atoms in total. The number of hydrogen-bond donors (Lipinski definition) is 0. The van der Waals surface area contributed by atoms with Crippen molar-refractivity contribution < 1.29 is 0 Å². The highest BCUT2D eigenvalue weighted by atomic mass is 79.9. The van der Waals surface area contributed by atoms with Crippen LogP contribution in [-0.2, 0) is 13.0 Å². The second-order valence-electron chi connectivity index (χ2n) is 6.79. The molecule has 0 aliphatic carbocycles. The Morgan fingerprint density at radius 2 is 1.41 bits per heavy atom. The Kier molecular flexibility index (Phi) is 4.06. The van der Waals surface area contributed by atoms with Crippen LogP contribution in [0.3, 0.4) is 0 Å². The SMILES string of the molecule is O=c1c(-c2cccc(Br)c2)c(-c2cccc(Br)c2)c2cccc3c2n1CC3. The van der Waals surface area contributed by atoms with Crippen molar-refractivity contribution in [3.8, 4) is 22.3 Å². The van der Waals surface area contributed by atoms with Gasteiger partial charge in [0, 0.05) is 26.4 Å². The number of hydrogen-bond acceptors (Lipinski definition) is 1. The molecule has 0 bridgehead atoms. The van der Waals surface area contributed by atoms with Crippen molar-refractivity contribution in [1.29, 1.82) is 0 Å². The molecule has 0 N–H and O–H groups in total. The molecule has 5 rings (SSSR count). The minimum Gasteiger partial charge on any atom is -0.307 e. The summed E-state index contributed by atoms with van der Waals surface area (Å²) in [6.45, 7) is 0.744. The van der Waals surface area contributed by atoms with E-state index in [9.17, 15) is 4.79 Å². The highest BCUT2D eigenvalue weighted by molar-refractivity contribution is 9.10. The van der Waals surface area contributed by atoms with Gasteiger partial charge in [0.25, 0.3) is 5.56 Å². The number of aromatic nitrogens is 1. The van der Waals surface area contributed by atoms with Crippen LogP contribution in [-0.4, -0.2) is 4.57 Å². The van der Waals surface area contributed by atoms with E-state index in [1.54, 1.807) is 0 Å². The number of pyridine rings is 1. The summed E-state index contributed by atoms with van der Waals surface area (Å²) in [4.78, 5) is 13.6. The van der Waals surface area contributed by atoms with Crippen LogP contribution < -0.4 is 5.56 Å². The van der Waals surface area contributed by atoms with Crippen molar-refractivity contribution in [1.82, 2.24) is 4.57 Å². The molecule has 27 heavy (non-hydrogen) atoms. The van der Waals surface area contributed by atoms with Crippen molar-refractivity contribution in [2.45, 2.75) is 13.0 Å². The van der Waals surface area contributed by atoms with E-state index < -0.39 is 0 Å². The first-order valence-electron chi connectivity index (χ1n) is 8.84. The predicted octanol–water partition coefficient (Wildman–Crippen LogP) is 6.42. The lowest BCUT2D eigenvalue weighted by molar-refractivity contribution is 0.743. The lowest BCUT2D eigenvalue weighted by atomic mass is 9.91. The monoisotopic (exact) mass is 479 g/mol. The quantitative estimate of drug-likeness (QED) is 0.324. The van der Waals surface area contributed by atoms with Crippen LogP contribution in [0.1, 0.15) is 5.56 Å². The van der Waals surface area contributed by atoms with Gasteiger partial charge in [-0.05, 0) is 47.4 Å². The van der Waals surface area contributed by atoms with Crippen molar-refractivity contribution in [3.05, 3.63) is 91.6 Å². The Morgan fingerprint density at radius 3 is 2.07 bits per heavy atom. The van der Waals surface area contributed by atoms with Crippen LogP contribution >= 0.6 is 31.9 Å². The van der Waals surface area contributed by atoms with Crippen LogP contribution in [0.15, 0.2) is 80.5 Å². The van der Waals surface area contributed by atoms with E-state index >= 15 is 0 Å². The molecule has 0 atom stereocenters. The van der Waals surface area contributed by atoms with E-state index in [1.807, 2.05) is 41.0 Å². The van der Waals surface area contributed by atoms with Gasteiger partial charge in [-0.25, -0.2) is 0 Å². The largest absolute Gasteiger partial charge is 0.307 e. The summed E-state index contributed by atoms with van der Waals surface area (Å²) in [5, 5.41) is 1.14. The maximum Gasteiger partial charge on any atom is 0.259 e. The van der Waals surface area contributed by atoms with E-state index in [-0.39, 0.29) is 5.56 Å². The smallest absolute Gasteiger partial charge is 0.259 e. The van der Waals surface area contributed by atoms with Crippen molar-refractivity contribution in [2.24, 2.45) is 0 Å². The molecule has 0 radical (unpaired) electrons. The van der Waals surface area contributed by atoms with Crippen LogP contribution in [0.4, 0.5) is 0 Å². The fourth-order valence-electron chi connectivity index (χ4n) is 4.09. The zero-order valence-corrected chi connectivity index (χ0v) is 17.5. The number of rotatable bonds is 2. The minimum absolute atomic E-state index is 0.0838. The van der Waals surface area contributed by atoms with Gasteiger partial charge in [-0.1, -0.05) is 74.3 Å². The molecule has 0 unspecified atom stereocenters. The summed E-state index contributed by atoms with van der Waals surface area (Å²) in [6, 6.07) is 22.6. The summed E-state index contributed by atoms with van der Waals surface area (Å²) >= 11 is 7.14. The van der Waals surface area contributed by atoms with Gasteiger partial charge in [0.2, 0.25) is 0 Å². The van der Waals surface area contributed by atoms with Crippen LogP contribution in [0.5, 0.6) is 0 Å². The van der Waals surface area contributed by atoms with Gasteiger partial charge < -0.3 is 4.57 Å². The van der Waals surface area contributed by atoms with Crippen LogP contribution in [0.25, 0.3) is 33.2 Å². The molecule has 1 aliphatic heterocycles. The fourth-order valence-corrected chi connectivity index (χ4v) is 4.89. The molecule has 1 aromatic heterocycles. The van der Waals surface area contributed by atoms with Gasteiger partial charge in [0.05, 0.1) is 11.1 Å². The van der Waals surface area contributed by atoms with Gasteiger partial charge >= 0.3 is 0 Å². The molecule has 3 aromatic carbocycles. The van der Waals surface area contributed by atoms with E-state index in [2.05, 4.69) is 62.2 Å². The second-order valence-corrected chi connectivity index (χ2v) is 8.62. The Hall–Kier alpha value is -2.17. The fraction of sp³-hybridized carbons (Fsp3) is 0.0870. The lowest BCUT2D eigenvalue weighted by Gasteiger charge is -2.16. The molecule has 132 valence electrons. The molecule has 0 spiro atoms. The van der Waals surface area contributed by atoms with Gasteiger partial charge in [-0.2, -0.15) is 0 Å². The first kappa shape index (κ1) is 17.0. The van der Waals surface area contributed by atoms with E-state index in [1.165, 1.54) is 5.56 Å². The molecular weight excluding hydrogens is 466 g/mol. The zero-order valence-electron chi connectivity index (χ0n) is 14.4. The van der Waals surface area contributed by atoms with E-state index in [4.69, 9.17) is 0 Å². The van der Waals surface area contributed by atoms with Gasteiger partial charge in [0.15, 0.2) is 0 Å². The van der Waals surface area contributed by atoms with Gasteiger partial charge in [-0.3, -0.25) is 4.79 Å². The van der Waals surface area contributed by atoms with Crippen molar-refractivity contribution in [2.75, 3.05) is 0 Å². The average molecular weight is 481 g/mol. The average Bonchev–Trinajstić information content (AvgIpc) is 3.10. The summed E-state index contributed by atoms with van der Waals surface area (Å²) in [5.74, 6) is 0. The van der Waals surface area contributed by atoms with Crippen molar-refractivity contribution in [3.63, 3.8) is 0 Å². The maximum absolute atomic E-state index is 13.6. The Bertz CT molecular complexity index is 1270. The molecule has 2 heterocycles. The maximum atomic E-state index is 13.6. The summed E-state index contributed by atoms with van der Waals surface area (Å²) in [6.07, 6.45) is 0.909. The van der Waals surface area contributed by atoms with Crippen LogP contribution in [0.2, 0.25) is 0 Å². The number of nitrogens with zero attached hydrogens (tertiary/aromatic N) is 1. The second kappa shape index (κ2) is 6.47. The normalized spacial score (nSPS) is 12.7. The van der Waals surface area contributed by atoms with Crippen LogP contribution in [0, 0.1) is 0 Å². The zero-order chi connectivity index (χ0) is 18.5. The molecule has 1 aliphatic rings. The first-order valence-corrected chi connectivity index (χ1v) is 10.4. The molecule has 0 saturated carbocycles. The molecule has 4 aromatic rings. The lowest BCUT2D eigenvalue weighted by Crippen LogP contribution is -2.21. The highest BCUT2D eigenvalue weighted by Gasteiger charge is 2.24. The molecule has 4 heteroatoms. The van der Waals surface area contributed by atoms with Gasteiger partial charge in [-0.15, -0.1) is 0 Å². The topological polar surface area (TPSA) is 22.0 Å². The number of halogens is 2. The van der Waals surface area contributed by atoms with E-state index in [0.717, 1.165) is 55.1 Å². The molecule has 0 saturated heterocycles. The molecule has 0 amide bonds. The summed E-state index contributed by atoms with van der Waals surface area (Å²) in [7, 11) is 0. The van der Waals surface area contributed by atoms with Gasteiger partial charge in [0.1, 0.15) is 0 Å². The third-order valence-corrected chi connectivity index (χ3v) is 6.19. The Morgan fingerprint density at radius 1 is 0.778 bits per heavy atom. The number of benzene rings is 3. The summed E-state index contributed by atoms with van der Waals surface area (Å²) < 4.78 is 3.92. The third-order valence-electron chi connectivity index (χ3n) is 5.20. The number of para-hydroxylation sites is 1. The summed E-state index contributed by atoms with van der Waals surface area (Å²) in [5.41, 5.74) is 6.17. The third kappa shape index (κ3) is 2.70.